The molecule has 0 atom stereocenters. The highest BCUT2D eigenvalue weighted by molar-refractivity contribution is 5.59. The minimum Gasteiger partial charge on any atom is -0.395 e. The van der Waals surface area contributed by atoms with E-state index < -0.39 is 0 Å². The predicted molar refractivity (Wildman–Crippen MR) is 77.6 cm³/mol. The second kappa shape index (κ2) is 6.70. The zero-order valence-corrected chi connectivity index (χ0v) is 11.9. The average molecular weight is 264 g/mol. The van der Waals surface area contributed by atoms with Gasteiger partial charge in [0.1, 0.15) is 18.0 Å². The van der Waals surface area contributed by atoms with Crippen molar-refractivity contribution in [2.24, 2.45) is 0 Å². The fourth-order valence-corrected chi connectivity index (χ4v) is 2.41. The van der Waals surface area contributed by atoms with E-state index in [0.29, 0.717) is 12.6 Å². The van der Waals surface area contributed by atoms with Crippen molar-refractivity contribution < 1.29 is 5.11 Å². The van der Waals surface area contributed by atoms with Crippen LogP contribution in [0.1, 0.15) is 38.7 Å². The molecule has 0 saturated heterocycles. The highest BCUT2D eigenvalue weighted by Crippen LogP contribution is 2.34. The summed E-state index contributed by atoms with van der Waals surface area (Å²) >= 11 is 0. The molecule has 1 aliphatic rings. The third-order valence-corrected chi connectivity index (χ3v) is 3.37. The fraction of sp³-hybridized carbons (Fsp3) is 0.714. The van der Waals surface area contributed by atoms with Gasteiger partial charge >= 0.3 is 0 Å². The Labute approximate surface area is 115 Å². The van der Waals surface area contributed by atoms with Crippen LogP contribution in [0.3, 0.4) is 0 Å². The normalized spacial score (nSPS) is 14.5. The van der Waals surface area contributed by atoms with E-state index in [9.17, 15) is 5.11 Å². The summed E-state index contributed by atoms with van der Waals surface area (Å²) in [6.07, 6.45) is 6.06. The molecule has 2 rings (SSSR count). The Kier molecular flexibility index (Phi) is 4.96. The van der Waals surface area contributed by atoms with Gasteiger partial charge in [0.15, 0.2) is 0 Å². The molecule has 1 heterocycles. The van der Waals surface area contributed by atoms with Crippen LogP contribution < -0.4 is 10.2 Å². The molecule has 2 N–H and O–H groups in total. The van der Waals surface area contributed by atoms with Crippen molar-refractivity contribution in [3.63, 3.8) is 0 Å². The first-order chi connectivity index (χ1) is 9.31. The lowest BCUT2D eigenvalue weighted by atomic mass is 10.1. The molecular formula is C14H24N4O. The highest BCUT2D eigenvalue weighted by Gasteiger charge is 2.31. The lowest BCUT2D eigenvalue weighted by Crippen LogP contribution is -2.31. The third kappa shape index (κ3) is 3.35. The number of nitrogens with one attached hydrogen (secondary N) is 1. The van der Waals surface area contributed by atoms with Crippen molar-refractivity contribution in [1.82, 2.24) is 9.97 Å². The third-order valence-electron chi connectivity index (χ3n) is 3.37. The molecule has 0 aliphatic heterocycles. The second-order valence-electron chi connectivity index (χ2n) is 4.95. The molecule has 106 valence electrons. The SMILES string of the molecule is CCCc1c(NCC)ncnc1N(CCO)C1CC1. The van der Waals surface area contributed by atoms with Crippen LogP contribution in [0.4, 0.5) is 11.6 Å². The quantitative estimate of drug-likeness (QED) is 0.750. The zero-order chi connectivity index (χ0) is 13.7. The van der Waals surface area contributed by atoms with Crippen LogP contribution in [0.25, 0.3) is 0 Å². The number of aliphatic hydroxyl groups excluding tert-OH is 1. The van der Waals surface area contributed by atoms with Crippen LogP contribution in [0, 0.1) is 0 Å². The van der Waals surface area contributed by atoms with Gasteiger partial charge in [0, 0.05) is 24.7 Å². The first-order valence-corrected chi connectivity index (χ1v) is 7.27. The first-order valence-electron chi connectivity index (χ1n) is 7.27. The molecule has 1 saturated carbocycles. The summed E-state index contributed by atoms with van der Waals surface area (Å²) in [6.45, 7) is 5.92. The van der Waals surface area contributed by atoms with Gasteiger partial charge in [-0.2, -0.15) is 0 Å². The number of rotatable bonds is 8. The van der Waals surface area contributed by atoms with E-state index in [1.54, 1.807) is 6.33 Å². The molecule has 5 heteroatoms. The van der Waals surface area contributed by atoms with Gasteiger partial charge in [-0.25, -0.2) is 9.97 Å². The molecular weight excluding hydrogens is 240 g/mol. The van der Waals surface area contributed by atoms with E-state index in [1.807, 2.05) is 0 Å². The summed E-state index contributed by atoms with van der Waals surface area (Å²) in [4.78, 5) is 11.1. The topological polar surface area (TPSA) is 61.3 Å². The summed E-state index contributed by atoms with van der Waals surface area (Å²) in [5.74, 6) is 1.95. The standard InChI is InChI=1S/C14H24N4O/c1-3-5-12-13(15-4-2)16-10-17-14(12)18(8-9-19)11-6-7-11/h10-11,19H,3-9H2,1-2H3,(H,15,16,17). The monoisotopic (exact) mass is 264 g/mol. The maximum atomic E-state index is 9.27. The number of nitrogens with zero attached hydrogens (tertiary/aromatic N) is 3. The molecule has 0 spiro atoms. The Morgan fingerprint density at radius 3 is 2.74 bits per heavy atom. The van der Waals surface area contributed by atoms with Crippen molar-refractivity contribution >= 4 is 11.6 Å². The molecule has 1 aromatic rings. The molecule has 1 aromatic heterocycles. The van der Waals surface area contributed by atoms with E-state index in [2.05, 4.69) is 34.0 Å². The zero-order valence-electron chi connectivity index (χ0n) is 11.9. The number of aromatic nitrogens is 2. The van der Waals surface area contributed by atoms with E-state index in [1.165, 1.54) is 18.4 Å². The molecule has 0 radical (unpaired) electrons. The van der Waals surface area contributed by atoms with Gasteiger partial charge in [0.2, 0.25) is 0 Å². The van der Waals surface area contributed by atoms with Gasteiger partial charge in [-0.3, -0.25) is 0 Å². The lowest BCUT2D eigenvalue weighted by molar-refractivity contribution is 0.301. The smallest absolute Gasteiger partial charge is 0.137 e. The van der Waals surface area contributed by atoms with Gasteiger partial charge in [-0.1, -0.05) is 13.3 Å². The summed E-state index contributed by atoms with van der Waals surface area (Å²) in [6, 6.07) is 0.548. The molecule has 1 fully saturated rings. The van der Waals surface area contributed by atoms with Gasteiger partial charge < -0.3 is 15.3 Å². The fourth-order valence-electron chi connectivity index (χ4n) is 2.41. The Morgan fingerprint density at radius 2 is 2.16 bits per heavy atom. The highest BCUT2D eigenvalue weighted by atomic mass is 16.3. The van der Waals surface area contributed by atoms with Crippen LogP contribution >= 0.6 is 0 Å². The molecule has 0 unspecified atom stereocenters. The minimum atomic E-state index is 0.169. The first kappa shape index (κ1) is 14.1. The summed E-state index contributed by atoms with van der Waals surface area (Å²) in [5.41, 5.74) is 1.19. The van der Waals surface area contributed by atoms with Crippen LogP contribution in [0.15, 0.2) is 6.33 Å². The summed E-state index contributed by atoms with van der Waals surface area (Å²) in [7, 11) is 0. The van der Waals surface area contributed by atoms with Crippen molar-refractivity contribution in [3.05, 3.63) is 11.9 Å². The Balaban J connectivity index is 2.32. The Morgan fingerprint density at radius 1 is 1.37 bits per heavy atom. The van der Waals surface area contributed by atoms with Gasteiger partial charge in [0.25, 0.3) is 0 Å². The van der Waals surface area contributed by atoms with E-state index in [4.69, 9.17) is 0 Å². The molecule has 0 aromatic carbocycles. The van der Waals surface area contributed by atoms with Crippen LogP contribution in [-0.2, 0) is 6.42 Å². The largest absolute Gasteiger partial charge is 0.395 e. The molecule has 0 bridgehead atoms. The van der Waals surface area contributed by atoms with Crippen molar-refractivity contribution in [2.45, 2.75) is 45.6 Å². The van der Waals surface area contributed by atoms with E-state index in [-0.39, 0.29) is 6.61 Å². The molecule has 19 heavy (non-hydrogen) atoms. The summed E-state index contributed by atoms with van der Waals surface area (Å²) in [5, 5.41) is 12.6. The summed E-state index contributed by atoms with van der Waals surface area (Å²) < 4.78 is 0. The maximum Gasteiger partial charge on any atom is 0.137 e. The van der Waals surface area contributed by atoms with Crippen molar-refractivity contribution in [3.8, 4) is 0 Å². The Bertz CT molecular complexity index is 406. The minimum absolute atomic E-state index is 0.169. The van der Waals surface area contributed by atoms with Gasteiger partial charge in [-0.05, 0) is 26.2 Å². The molecule has 1 aliphatic carbocycles. The number of hydrogen-bond acceptors (Lipinski definition) is 5. The van der Waals surface area contributed by atoms with Gasteiger partial charge in [0.05, 0.1) is 6.61 Å². The number of aliphatic hydroxyl groups is 1. The molecule has 5 nitrogen and oxygen atoms in total. The van der Waals surface area contributed by atoms with Gasteiger partial charge in [-0.15, -0.1) is 0 Å². The van der Waals surface area contributed by atoms with E-state index >= 15 is 0 Å². The van der Waals surface area contributed by atoms with Crippen molar-refractivity contribution in [1.29, 1.82) is 0 Å². The Hall–Kier alpha value is -1.36. The van der Waals surface area contributed by atoms with E-state index in [0.717, 1.165) is 31.0 Å². The van der Waals surface area contributed by atoms with Crippen LogP contribution in [0.5, 0.6) is 0 Å². The number of hydrogen-bond donors (Lipinski definition) is 2. The molecule has 0 amide bonds. The number of anilines is 2. The van der Waals surface area contributed by atoms with Crippen LogP contribution in [-0.4, -0.2) is 40.8 Å². The lowest BCUT2D eigenvalue weighted by Gasteiger charge is -2.26. The predicted octanol–water partition coefficient (Wildman–Crippen LogP) is 1.82. The average Bonchev–Trinajstić information content (AvgIpc) is 3.23. The van der Waals surface area contributed by atoms with Crippen molar-refractivity contribution in [2.75, 3.05) is 29.9 Å². The second-order valence-corrected chi connectivity index (χ2v) is 4.95. The maximum absolute atomic E-state index is 9.27. The van der Waals surface area contributed by atoms with Crippen LogP contribution in [0.2, 0.25) is 0 Å².